The van der Waals surface area contributed by atoms with Crippen molar-refractivity contribution in [3.8, 4) is 0 Å². The Labute approximate surface area is 105 Å². The first kappa shape index (κ1) is 15.8. The second kappa shape index (κ2) is 9.99. The normalized spacial score (nSPS) is 12.0. The van der Waals surface area contributed by atoms with Crippen LogP contribution in [-0.4, -0.2) is 19.8 Å². The molecule has 1 radical (unpaired) electrons. The molecule has 0 saturated carbocycles. The van der Waals surface area contributed by atoms with Gasteiger partial charge in [-0.25, -0.2) is 0 Å². The molecule has 0 amide bonds. The quantitative estimate of drug-likeness (QED) is 0.501. The molecule has 0 aromatic heterocycles. The Morgan fingerprint density at radius 1 is 0.800 bits per heavy atom. The van der Waals surface area contributed by atoms with Gasteiger partial charge < -0.3 is 0 Å². The van der Waals surface area contributed by atoms with Crippen LogP contribution in [0.4, 0.5) is 0 Å². The third-order valence-corrected chi connectivity index (χ3v) is 11.7. The van der Waals surface area contributed by atoms with Crippen LogP contribution >= 0.6 is 0 Å². The van der Waals surface area contributed by atoms with Gasteiger partial charge in [-0.3, -0.25) is 0 Å². The molecule has 15 heavy (non-hydrogen) atoms. The van der Waals surface area contributed by atoms with Gasteiger partial charge in [-0.05, 0) is 0 Å². The molecule has 0 saturated heterocycles. The van der Waals surface area contributed by atoms with Gasteiger partial charge in [-0.2, -0.15) is 0 Å². The maximum atomic E-state index is 2.38. The molecule has 0 N–H and O–H groups in total. The van der Waals surface area contributed by atoms with E-state index in [9.17, 15) is 0 Å². The van der Waals surface area contributed by atoms with Crippen LogP contribution in [0.25, 0.3) is 0 Å². The number of rotatable bonds is 9. The van der Waals surface area contributed by atoms with Crippen molar-refractivity contribution in [1.29, 1.82) is 0 Å². The van der Waals surface area contributed by atoms with Gasteiger partial charge in [-0.1, -0.05) is 0 Å². The first-order valence-electron chi connectivity index (χ1n) is 6.89. The van der Waals surface area contributed by atoms with Crippen molar-refractivity contribution >= 4 is 19.8 Å². The molecule has 0 heterocycles. The average molecular weight is 318 g/mol. The Hall–Kier alpha value is 0.799. The zero-order valence-electron chi connectivity index (χ0n) is 11.6. The zero-order chi connectivity index (χ0) is 11.7. The number of hydrogen-bond donors (Lipinski definition) is 0. The van der Waals surface area contributed by atoms with Gasteiger partial charge in [0.2, 0.25) is 0 Å². The monoisotopic (exact) mass is 319 g/mol. The molecule has 0 rings (SSSR count). The van der Waals surface area contributed by atoms with E-state index < -0.39 is 19.8 Å². The fourth-order valence-electron chi connectivity index (χ4n) is 1.79. The van der Waals surface area contributed by atoms with Crippen LogP contribution in [-0.2, 0) is 0 Å². The summed E-state index contributed by atoms with van der Waals surface area (Å²) in [7, 11) is 0. The molecule has 1 heteroatoms. The average Bonchev–Trinajstić information content (AvgIpc) is 2.16. The van der Waals surface area contributed by atoms with E-state index in [4.69, 9.17) is 0 Å². The van der Waals surface area contributed by atoms with Gasteiger partial charge in [-0.15, -0.1) is 0 Å². The van der Waals surface area contributed by atoms with Crippen molar-refractivity contribution < 1.29 is 0 Å². The predicted octanol–water partition coefficient (Wildman–Crippen LogP) is 5.37. The van der Waals surface area contributed by atoms with Crippen LogP contribution in [0.5, 0.6) is 0 Å². The van der Waals surface area contributed by atoms with E-state index in [-0.39, 0.29) is 0 Å². The topological polar surface area (TPSA) is 0 Å². The molecule has 0 aliphatic carbocycles. The van der Waals surface area contributed by atoms with E-state index in [2.05, 4.69) is 34.6 Å². The van der Waals surface area contributed by atoms with Gasteiger partial charge in [0.15, 0.2) is 0 Å². The molecule has 0 aliphatic heterocycles. The summed E-state index contributed by atoms with van der Waals surface area (Å²) >= 11 is -0.935. The first-order valence-corrected chi connectivity index (χ1v) is 12.9. The van der Waals surface area contributed by atoms with E-state index in [1.165, 1.54) is 25.7 Å². The fraction of sp³-hybridized carbons (Fsp3) is 1.00. The Morgan fingerprint density at radius 3 is 1.60 bits per heavy atom. The van der Waals surface area contributed by atoms with Crippen LogP contribution < -0.4 is 0 Å². The predicted molar refractivity (Wildman–Crippen MR) is 74.0 cm³/mol. The van der Waals surface area contributed by atoms with Crippen molar-refractivity contribution in [2.45, 2.75) is 73.6 Å². The Kier molecular flexibility index (Phi) is 10.5. The Bertz CT molecular complexity index is 117. The molecule has 0 spiro atoms. The third kappa shape index (κ3) is 11.1. The minimum absolute atomic E-state index is 0.932. The maximum absolute atomic E-state index is 2.38. The van der Waals surface area contributed by atoms with Gasteiger partial charge in [0, 0.05) is 0 Å². The molecule has 0 bridgehead atoms. The third-order valence-electron chi connectivity index (χ3n) is 3.03. The van der Waals surface area contributed by atoms with E-state index in [1.807, 2.05) is 0 Å². The molecule has 0 nitrogen and oxygen atoms in total. The van der Waals surface area contributed by atoms with Crippen LogP contribution in [0, 0.1) is 11.8 Å². The summed E-state index contributed by atoms with van der Waals surface area (Å²) in [6.45, 7) is 11.9. The number of hydrogen-bond acceptors (Lipinski definition) is 0. The van der Waals surface area contributed by atoms with Crippen LogP contribution in [0.2, 0.25) is 13.3 Å². The van der Waals surface area contributed by atoms with E-state index >= 15 is 0 Å². The second-order valence-electron chi connectivity index (χ2n) is 5.72. The molecule has 0 aliphatic rings. The summed E-state index contributed by atoms with van der Waals surface area (Å²) in [4.78, 5) is 0. The molecule has 91 valence electrons. The molecule has 0 atom stereocenters. The van der Waals surface area contributed by atoms with Crippen molar-refractivity contribution in [3.63, 3.8) is 0 Å². The summed E-state index contributed by atoms with van der Waals surface area (Å²) in [5.41, 5.74) is 0. The van der Waals surface area contributed by atoms with Crippen LogP contribution in [0.3, 0.4) is 0 Å². The van der Waals surface area contributed by atoms with Crippen molar-refractivity contribution in [2.24, 2.45) is 11.8 Å². The van der Waals surface area contributed by atoms with Crippen molar-refractivity contribution in [1.82, 2.24) is 0 Å². The molecule has 0 aromatic carbocycles. The second-order valence-corrected chi connectivity index (χ2v) is 14.3. The summed E-state index contributed by atoms with van der Waals surface area (Å²) in [5, 5.41) is 0. The summed E-state index contributed by atoms with van der Waals surface area (Å²) in [6.07, 6.45) is 5.95. The fourth-order valence-corrected chi connectivity index (χ4v) is 12.0. The zero-order valence-corrected chi connectivity index (χ0v) is 14.5. The molecule has 0 aromatic rings. The van der Waals surface area contributed by atoms with Gasteiger partial charge in [0.1, 0.15) is 0 Å². The van der Waals surface area contributed by atoms with Crippen LogP contribution in [0.1, 0.15) is 60.3 Å². The molecular weight excluding hydrogens is 287 g/mol. The number of unbranched alkanes of at least 4 members (excludes halogenated alkanes) is 1. The Morgan fingerprint density at radius 2 is 1.27 bits per heavy atom. The van der Waals surface area contributed by atoms with Gasteiger partial charge >= 0.3 is 105 Å². The minimum atomic E-state index is -0.935. The standard InChI is InChI=1S/2C5H11.C4H9.Sn/c2*1-4-5(2)3;1-3-4-2;/h2*5H,1,4H2,2-3H3;1,3-4H2,2H3;. The van der Waals surface area contributed by atoms with Gasteiger partial charge in [0.25, 0.3) is 0 Å². The van der Waals surface area contributed by atoms with Crippen molar-refractivity contribution in [3.05, 3.63) is 0 Å². The van der Waals surface area contributed by atoms with Crippen molar-refractivity contribution in [2.75, 3.05) is 0 Å². The van der Waals surface area contributed by atoms with E-state index in [1.54, 1.807) is 13.3 Å². The summed E-state index contributed by atoms with van der Waals surface area (Å²) in [5.74, 6) is 1.86. The van der Waals surface area contributed by atoms with Gasteiger partial charge in [0.05, 0.1) is 0 Å². The summed E-state index contributed by atoms with van der Waals surface area (Å²) in [6, 6.07) is 0. The summed E-state index contributed by atoms with van der Waals surface area (Å²) < 4.78 is 4.98. The molecular formula is C14H31Sn. The molecule has 0 fully saturated rings. The van der Waals surface area contributed by atoms with Crippen LogP contribution in [0.15, 0.2) is 0 Å². The Balaban J connectivity index is 3.73. The molecule has 0 unspecified atom stereocenters. The SMILES string of the molecule is CCC[CH2][Sn]([CH2]CC(C)C)[CH2]CC(C)C. The van der Waals surface area contributed by atoms with E-state index in [0.29, 0.717) is 0 Å². The van der Waals surface area contributed by atoms with E-state index in [0.717, 1.165) is 11.8 Å². The first-order chi connectivity index (χ1) is 7.06.